The summed E-state index contributed by atoms with van der Waals surface area (Å²) in [4.78, 5) is 17.8. The van der Waals surface area contributed by atoms with E-state index in [0.29, 0.717) is 0 Å². The zero-order valence-corrected chi connectivity index (χ0v) is 16.0. The third kappa shape index (κ3) is 3.18. The molecule has 0 bridgehead atoms. The van der Waals surface area contributed by atoms with E-state index in [-0.39, 0.29) is 5.97 Å². The molecule has 0 aliphatic carbocycles. The number of esters is 1. The number of carbonyl (C=O) groups is 1. The molecule has 0 saturated heterocycles. The second-order valence-electron chi connectivity index (χ2n) is 6.70. The number of aryl methyl sites for hydroxylation is 1. The van der Waals surface area contributed by atoms with Gasteiger partial charge < -0.3 is 9.14 Å². The van der Waals surface area contributed by atoms with E-state index < -0.39 is 5.92 Å². The number of hydrogen-bond acceptors (Lipinski definition) is 3. The van der Waals surface area contributed by atoms with Gasteiger partial charge in [0.25, 0.3) is 0 Å². The highest BCUT2D eigenvalue weighted by molar-refractivity contribution is 5.85. The van der Waals surface area contributed by atoms with Crippen molar-refractivity contribution in [2.75, 3.05) is 7.11 Å². The first-order chi connectivity index (χ1) is 13.7. The normalized spacial score (nSPS) is 12.1. The lowest BCUT2D eigenvalue weighted by molar-refractivity contribution is -0.141. The Morgan fingerprint density at radius 1 is 1.04 bits per heavy atom. The molecule has 4 heteroatoms. The molecule has 4 rings (SSSR count). The van der Waals surface area contributed by atoms with Crippen molar-refractivity contribution in [1.29, 1.82) is 0 Å². The monoisotopic (exact) mass is 370 g/mol. The summed E-state index contributed by atoms with van der Waals surface area (Å²) in [5, 5.41) is 0. The number of benzene rings is 2. The fourth-order valence-electron chi connectivity index (χ4n) is 3.58. The van der Waals surface area contributed by atoms with Gasteiger partial charge in [-0.15, -0.1) is 0 Å². The molecule has 0 aliphatic heterocycles. The van der Waals surface area contributed by atoms with Crippen LogP contribution in [0.5, 0.6) is 0 Å². The van der Waals surface area contributed by atoms with Crippen molar-refractivity contribution in [2.45, 2.75) is 19.3 Å². The third-order valence-corrected chi connectivity index (χ3v) is 5.03. The average molecular weight is 370 g/mol. The van der Waals surface area contributed by atoms with Crippen molar-refractivity contribution in [2.24, 2.45) is 0 Å². The van der Waals surface area contributed by atoms with Gasteiger partial charge in [-0.3, -0.25) is 4.79 Å². The van der Waals surface area contributed by atoms with Gasteiger partial charge in [0.05, 0.1) is 18.5 Å². The smallest absolute Gasteiger partial charge is 0.319 e. The Hall–Kier alpha value is -3.40. The van der Waals surface area contributed by atoms with Crippen molar-refractivity contribution in [3.63, 3.8) is 0 Å². The Bertz CT molecular complexity index is 1100. The van der Waals surface area contributed by atoms with E-state index in [1.165, 1.54) is 12.7 Å². The standard InChI is InChI=1S/C24H22N2O2/c1-3-17-14-15-26-20(16-17)25-22(19-12-8-5-9-13-19)23(26)21(24(27)28-2)18-10-6-4-7-11-18/h4-16,21H,3H2,1-2H3. The molecule has 0 fully saturated rings. The van der Waals surface area contributed by atoms with Crippen molar-refractivity contribution >= 4 is 11.6 Å². The van der Waals surface area contributed by atoms with Gasteiger partial charge in [-0.05, 0) is 29.7 Å². The number of rotatable bonds is 5. The van der Waals surface area contributed by atoms with Crippen LogP contribution in [0.1, 0.15) is 29.7 Å². The van der Waals surface area contributed by atoms with Gasteiger partial charge in [-0.25, -0.2) is 4.98 Å². The van der Waals surface area contributed by atoms with Crippen LogP contribution in [-0.2, 0) is 16.0 Å². The number of hydrogen-bond donors (Lipinski definition) is 0. The molecule has 140 valence electrons. The molecule has 0 aliphatic rings. The Kier molecular flexibility index (Phi) is 4.94. The number of aromatic nitrogens is 2. The van der Waals surface area contributed by atoms with Crippen molar-refractivity contribution in [3.8, 4) is 11.3 Å². The number of carbonyl (C=O) groups excluding carboxylic acids is 1. The summed E-state index contributed by atoms with van der Waals surface area (Å²) in [7, 11) is 1.43. The van der Waals surface area contributed by atoms with Crippen LogP contribution in [0.2, 0.25) is 0 Å². The fraction of sp³-hybridized carbons (Fsp3) is 0.167. The minimum Gasteiger partial charge on any atom is -0.468 e. The zero-order valence-electron chi connectivity index (χ0n) is 16.0. The van der Waals surface area contributed by atoms with Crippen LogP contribution in [0.3, 0.4) is 0 Å². The Morgan fingerprint density at radius 3 is 2.36 bits per heavy atom. The maximum absolute atomic E-state index is 12.9. The Morgan fingerprint density at radius 2 is 1.71 bits per heavy atom. The predicted octanol–water partition coefficient (Wildman–Crippen LogP) is 4.87. The summed E-state index contributed by atoms with van der Waals surface area (Å²) in [5.41, 5.74) is 5.52. The van der Waals surface area contributed by atoms with Gasteiger partial charge in [0.15, 0.2) is 0 Å². The van der Waals surface area contributed by atoms with Gasteiger partial charge in [-0.2, -0.15) is 0 Å². The summed E-state index contributed by atoms with van der Waals surface area (Å²) < 4.78 is 7.21. The van der Waals surface area contributed by atoms with Gasteiger partial charge in [-0.1, -0.05) is 67.6 Å². The van der Waals surface area contributed by atoms with Crippen LogP contribution < -0.4 is 0 Å². The van der Waals surface area contributed by atoms with E-state index in [1.807, 2.05) is 71.3 Å². The van der Waals surface area contributed by atoms with Crippen LogP contribution >= 0.6 is 0 Å². The number of nitrogens with zero attached hydrogens (tertiary/aromatic N) is 2. The molecule has 0 saturated carbocycles. The zero-order chi connectivity index (χ0) is 19.5. The first kappa shape index (κ1) is 18.0. The average Bonchev–Trinajstić information content (AvgIpc) is 3.13. The number of pyridine rings is 1. The van der Waals surface area contributed by atoms with Gasteiger partial charge in [0, 0.05) is 11.8 Å². The molecule has 0 N–H and O–H groups in total. The molecule has 1 unspecified atom stereocenters. The third-order valence-electron chi connectivity index (χ3n) is 5.03. The first-order valence-corrected chi connectivity index (χ1v) is 9.42. The maximum atomic E-state index is 12.9. The SMILES string of the molecule is CCc1ccn2c(C(C(=O)OC)c3ccccc3)c(-c3ccccc3)nc2c1. The highest BCUT2D eigenvalue weighted by Crippen LogP contribution is 2.35. The summed E-state index contributed by atoms with van der Waals surface area (Å²) in [6, 6.07) is 23.9. The highest BCUT2D eigenvalue weighted by atomic mass is 16.5. The van der Waals surface area contributed by atoms with Crippen LogP contribution in [-0.4, -0.2) is 22.5 Å². The molecule has 2 aromatic carbocycles. The molecule has 2 aromatic heterocycles. The molecule has 2 heterocycles. The number of methoxy groups -OCH3 is 1. The van der Waals surface area contributed by atoms with Crippen LogP contribution in [0, 0.1) is 0 Å². The lowest BCUT2D eigenvalue weighted by Crippen LogP contribution is -2.18. The first-order valence-electron chi connectivity index (χ1n) is 9.42. The van der Waals surface area contributed by atoms with E-state index in [9.17, 15) is 4.79 Å². The van der Waals surface area contributed by atoms with E-state index in [0.717, 1.165) is 34.6 Å². The minimum atomic E-state index is -0.566. The molecule has 0 amide bonds. The van der Waals surface area contributed by atoms with Crippen LogP contribution in [0.4, 0.5) is 0 Å². The van der Waals surface area contributed by atoms with Crippen LogP contribution in [0.15, 0.2) is 79.0 Å². The van der Waals surface area contributed by atoms with Crippen LogP contribution in [0.25, 0.3) is 16.9 Å². The van der Waals surface area contributed by atoms with Crippen molar-refractivity contribution < 1.29 is 9.53 Å². The largest absolute Gasteiger partial charge is 0.468 e. The maximum Gasteiger partial charge on any atom is 0.319 e. The summed E-state index contributed by atoms with van der Waals surface area (Å²) in [6.45, 7) is 2.12. The Balaban J connectivity index is 2.03. The summed E-state index contributed by atoms with van der Waals surface area (Å²) in [6.07, 6.45) is 2.93. The summed E-state index contributed by atoms with van der Waals surface area (Å²) in [5.74, 6) is -0.867. The van der Waals surface area contributed by atoms with E-state index >= 15 is 0 Å². The molecule has 4 aromatic rings. The number of ether oxygens (including phenoxy) is 1. The molecular weight excluding hydrogens is 348 g/mol. The van der Waals surface area contributed by atoms with Gasteiger partial charge >= 0.3 is 5.97 Å². The molecule has 1 atom stereocenters. The summed E-state index contributed by atoms with van der Waals surface area (Å²) >= 11 is 0. The number of fused-ring (bicyclic) bond motifs is 1. The quantitative estimate of drug-likeness (QED) is 0.471. The van der Waals surface area contributed by atoms with Gasteiger partial charge in [0.1, 0.15) is 11.6 Å². The van der Waals surface area contributed by atoms with E-state index in [2.05, 4.69) is 19.1 Å². The van der Waals surface area contributed by atoms with Crippen molar-refractivity contribution in [1.82, 2.24) is 9.38 Å². The molecule has 4 nitrogen and oxygen atoms in total. The molecule has 0 radical (unpaired) electrons. The lowest BCUT2D eigenvalue weighted by atomic mass is 9.92. The highest BCUT2D eigenvalue weighted by Gasteiger charge is 2.30. The predicted molar refractivity (Wildman–Crippen MR) is 110 cm³/mol. The fourth-order valence-corrected chi connectivity index (χ4v) is 3.58. The second-order valence-corrected chi connectivity index (χ2v) is 6.70. The topological polar surface area (TPSA) is 43.6 Å². The van der Waals surface area contributed by atoms with Crippen molar-refractivity contribution in [3.05, 3.63) is 95.8 Å². The number of imidazole rings is 1. The molecule has 0 spiro atoms. The minimum absolute atomic E-state index is 0.301. The molecule has 28 heavy (non-hydrogen) atoms. The van der Waals surface area contributed by atoms with E-state index in [4.69, 9.17) is 9.72 Å². The lowest BCUT2D eigenvalue weighted by Gasteiger charge is -2.17. The van der Waals surface area contributed by atoms with Gasteiger partial charge in [0.2, 0.25) is 0 Å². The Labute approximate surface area is 164 Å². The van der Waals surface area contributed by atoms with E-state index in [1.54, 1.807) is 0 Å². The second kappa shape index (κ2) is 7.69. The molecular formula is C24H22N2O2.